The Labute approximate surface area is 228 Å². The predicted molar refractivity (Wildman–Crippen MR) is 163 cm³/mol. The summed E-state index contributed by atoms with van der Waals surface area (Å²) in [6.45, 7) is 19.5. The maximum absolute atomic E-state index is 6.02. The maximum Gasteiger partial charge on any atom is 0.129 e. The average molecular weight is 511 g/mol. The van der Waals surface area contributed by atoms with E-state index in [0.717, 1.165) is 28.2 Å². The lowest BCUT2D eigenvalue weighted by atomic mass is 9.86. The molecule has 0 fully saturated rings. The molecule has 1 aromatic heterocycles. The summed E-state index contributed by atoms with van der Waals surface area (Å²) in [4.78, 5) is 6.34. The molecule has 0 aliphatic heterocycles. The minimum absolute atomic E-state index is 0.0325. The van der Waals surface area contributed by atoms with Gasteiger partial charge in [0.25, 0.3) is 0 Å². The molecular formula is C34H39ClN2. The van der Waals surface area contributed by atoms with Crippen molar-refractivity contribution >= 4 is 35.1 Å². The number of hydrogen-bond acceptors (Lipinski definition) is 2. The third kappa shape index (κ3) is 7.81. The van der Waals surface area contributed by atoms with Crippen molar-refractivity contribution in [2.24, 2.45) is 5.41 Å². The van der Waals surface area contributed by atoms with Crippen molar-refractivity contribution in [2.75, 3.05) is 4.90 Å². The first-order valence-electron chi connectivity index (χ1n) is 12.7. The van der Waals surface area contributed by atoms with Gasteiger partial charge in [-0.2, -0.15) is 0 Å². The van der Waals surface area contributed by atoms with E-state index < -0.39 is 0 Å². The minimum Gasteiger partial charge on any atom is -0.315 e. The van der Waals surface area contributed by atoms with Crippen LogP contribution in [0.5, 0.6) is 0 Å². The Morgan fingerprint density at radius 3 is 1.89 bits per heavy atom. The molecule has 2 aromatic carbocycles. The third-order valence-electron chi connectivity index (χ3n) is 6.30. The molecule has 192 valence electrons. The van der Waals surface area contributed by atoms with Gasteiger partial charge in [0.2, 0.25) is 0 Å². The Morgan fingerprint density at radius 1 is 0.811 bits per heavy atom. The van der Waals surface area contributed by atoms with Crippen LogP contribution in [0.1, 0.15) is 65.2 Å². The quantitative estimate of drug-likeness (QED) is 0.232. The molecule has 0 bridgehead atoms. The molecular weight excluding hydrogens is 472 g/mol. The van der Waals surface area contributed by atoms with Gasteiger partial charge in [0.05, 0.1) is 0 Å². The Bertz CT molecular complexity index is 1300. The lowest BCUT2D eigenvalue weighted by Gasteiger charge is -2.27. The molecule has 0 unspecified atom stereocenters. The molecule has 0 atom stereocenters. The number of benzene rings is 2. The Balaban J connectivity index is 1.99. The summed E-state index contributed by atoms with van der Waals surface area (Å²) in [5.41, 5.74) is 8.14. The molecule has 0 spiro atoms. The first kappa shape index (κ1) is 28.2. The SMILES string of the molecule is C=C/C(=C\C=C(/C)N(c1ccc(/C=C/c2ccnc(Cl)c2)cc1)c1ccc(C(C)(C)C)cc1)C(C)(C)C. The van der Waals surface area contributed by atoms with Crippen molar-refractivity contribution in [3.05, 3.63) is 125 Å². The first-order chi connectivity index (χ1) is 17.4. The van der Waals surface area contributed by atoms with E-state index in [2.05, 4.69) is 132 Å². The van der Waals surface area contributed by atoms with Crippen molar-refractivity contribution in [2.45, 2.75) is 53.9 Å². The molecule has 0 amide bonds. The number of anilines is 2. The number of halogens is 1. The second-order valence-corrected chi connectivity index (χ2v) is 11.7. The van der Waals surface area contributed by atoms with E-state index in [-0.39, 0.29) is 10.8 Å². The predicted octanol–water partition coefficient (Wildman–Crippen LogP) is 10.4. The summed E-state index contributed by atoms with van der Waals surface area (Å²) in [7, 11) is 0. The summed E-state index contributed by atoms with van der Waals surface area (Å²) >= 11 is 6.02. The van der Waals surface area contributed by atoms with Crippen molar-refractivity contribution in [3.8, 4) is 0 Å². The van der Waals surface area contributed by atoms with Crippen LogP contribution in [0.2, 0.25) is 5.15 Å². The van der Waals surface area contributed by atoms with Crippen LogP contribution in [-0.2, 0) is 5.41 Å². The van der Waals surface area contributed by atoms with Gasteiger partial charge in [0.1, 0.15) is 5.15 Å². The van der Waals surface area contributed by atoms with E-state index >= 15 is 0 Å². The molecule has 0 saturated heterocycles. The molecule has 2 nitrogen and oxygen atoms in total. The van der Waals surface area contributed by atoms with Gasteiger partial charge in [-0.1, -0.05) is 108 Å². The number of nitrogens with zero attached hydrogens (tertiary/aromatic N) is 2. The summed E-state index contributed by atoms with van der Waals surface area (Å²) in [5.74, 6) is 0. The van der Waals surface area contributed by atoms with Crippen LogP contribution in [0.4, 0.5) is 11.4 Å². The number of aromatic nitrogens is 1. The number of rotatable bonds is 7. The lowest BCUT2D eigenvalue weighted by molar-refractivity contribution is 0.517. The van der Waals surface area contributed by atoms with Crippen LogP contribution in [0.25, 0.3) is 12.2 Å². The summed E-state index contributed by atoms with van der Waals surface area (Å²) in [6.07, 6.45) is 12.2. The first-order valence-corrected chi connectivity index (χ1v) is 13.1. The van der Waals surface area contributed by atoms with E-state index in [9.17, 15) is 0 Å². The normalized spacial score (nSPS) is 13.2. The van der Waals surface area contributed by atoms with E-state index in [1.54, 1.807) is 6.20 Å². The molecule has 0 N–H and O–H groups in total. The average Bonchev–Trinajstić information content (AvgIpc) is 2.83. The molecule has 0 aliphatic carbocycles. The van der Waals surface area contributed by atoms with Crippen LogP contribution >= 0.6 is 11.6 Å². The van der Waals surface area contributed by atoms with Gasteiger partial charge in [0, 0.05) is 23.3 Å². The summed E-state index contributed by atoms with van der Waals surface area (Å²) in [6, 6.07) is 21.3. The summed E-state index contributed by atoms with van der Waals surface area (Å²) < 4.78 is 0. The molecule has 0 saturated carbocycles. The van der Waals surface area contributed by atoms with Crippen LogP contribution < -0.4 is 4.90 Å². The Hall–Kier alpha value is -3.36. The van der Waals surface area contributed by atoms with Crippen LogP contribution in [-0.4, -0.2) is 4.98 Å². The second-order valence-electron chi connectivity index (χ2n) is 11.4. The lowest BCUT2D eigenvalue weighted by Crippen LogP contribution is -2.16. The van der Waals surface area contributed by atoms with E-state index in [0.29, 0.717) is 5.15 Å². The highest BCUT2D eigenvalue weighted by Gasteiger charge is 2.17. The van der Waals surface area contributed by atoms with Crippen molar-refractivity contribution < 1.29 is 0 Å². The van der Waals surface area contributed by atoms with Crippen molar-refractivity contribution in [1.82, 2.24) is 4.98 Å². The van der Waals surface area contributed by atoms with E-state index in [4.69, 9.17) is 11.6 Å². The van der Waals surface area contributed by atoms with Crippen LogP contribution in [0, 0.1) is 5.41 Å². The molecule has 3 rings (SSSR count). The molecule has 3 aromatic rings. The highest BCUT2D eigenvalue weighted by atomic mass is 35.5. The molecule has 3 heteroatoms. The fraction of sp³-hybridized carbons (Fsp3) is 0.265. The molecule has 0 radical (unpaired) electrons. The van der Waals surface area contributed by atoms with Crippen LogP contribution in [0.15, 0.2) is 103 Å². The summed E-state index contributed by atoms with van der Waals surface area (Å²) in [5, 5.41) is 0.494. The van der Waals surface area contributed by atoms with Gasteiger partial charge in [0.15, 0.2) is 0 Å². The van der Waals surface area contributed by atoms with Gasteiger partial charge < -0.3 is 4.90 Å². The standard InChI is InChI=1S/C34H39ClN2/c1-9-28(33(3,4)5)15-10-25(2)37(31-20-16-29(17-21-31)34(6,7)8)30-18-13-26(14-19-30)11-12-27-22-23-36-32(35)24-27/h9-24H,1H2,2-8H3/b12-11+,25-10+,28-15+. The van der Waals surface area contributed by atoms with Gasteiger partial charge in [-0.15, -0.1) is 0 Å². The number of hydrogen-bond donors (Lipinski definition) is 0. The minimum atomic E-state index is 0.0325. The number of pyridine rings is 1. The number of allylic oxidation sites excluding steroid dienone is 5. The Kier molecular flexibility index (Phi) is 8.99. The zero-order valence-corrected chi connectivity index (χ0v) is 24.0. The van der Waals surface area contributed by atoms with Crippen LogP contribution in [0.3, 0.4) is 0 Å². The zero-order chi connectivity index (χ0) is 27.2. The second kappa shape index (κ2) is 11.8. The topological polar surface area (TPSA) is 16.1 Å². The fourth-order valence-electron chi connectivity index (χ4n) is 4.02. The van der Waals surface area contributed by atoms with Crippen molar-refractivity contribution in [1.29, 1.82) is 0 Å². The maximum atomic E-state index is 6.02. The highest BCUT2D eigenvalue weighted by Crippen LogP contribution is 2.33. The monoisotopic (exact) mass is 510 g/mol. The molecule has 1 heterocycles. The Morgan fingerprint density at radius 2 is 1.38 bits per heavy atom. The van der Waals surface area contributed by atoms with E-state index in [1.165, 1.54) is 11.1 Å². The zero-order valence-electron chi connectivity index (χ0n) is 23.2. The van der Waals surface area contributed by atoms with E-state index in [1.807, 2.05) is 24.3 Å². The third-order valence-corrected chi connectivity index (χ3v) is 6.51. The fourth-order valence-corrected chi connectivity index (χ4v) is 4.21. The largest absolute Gasteiger partial charge is 0.315 e. The van der Waals surface area contributed by atoms with Gasteiger partial charge in [-0.3, -0.25) is 0 Å². The highest BCUT2D eigenvalue weighted by molar-refractivity contribution is 6.29. The van der Waals surface area contributed by atoms with Gasteiger partial charge >= 0.3 is 0 Å². The van der Waals surface area contributed by atoms with Gasteiger partial charge in [-0.25, -0.2) is 4.98 Å². The van der Waals surface area contributed by atoms with Crippen molar-refractivity contribution in [3.63, 3.8) is 0 Å². The molecule has 37 heavy (non-hydrogen) atoms. The smallest absolute Gasteiger partial charge is 0.129 e. The van der Waals surface area contributed by atoms with Gasteiger partial charge in [-0.05, 0) is 82.5 Å². The molecule has 0 aliphatic rings.